The average molecular weight is 850 g/mol. The van der Waals surface area contributed by atoms with Crippen LogP contribution >= 0.6 is 0 Å². The first kappa shape index (κ1) is 40.9. The number of hydrogen-bond acceptors (Lipinski definition) is 9. The molecule has 62 heavy (non-hydrogen) atoms. The van der Waals surface area contributed by atoms with Crippen molar-refractivity contribution in [2.45, 2.75) is 64.3 Å². The van der Waals surface area contributed by atoms with Crippen molar-refractivity contribution in [1.29, 1.82) is 0 Å². The first-order valence-corrected chi connectivity index (χ1v) is 21.1. The number of urea groups is 1. The number of rotatable bonds is 8. The molecule has 2 aromatic heterocycles. The number of nitrogens with one attached hydrogen (secondary N) is 2. The van der Waals surface area contributed by atoms with Crippen LogP contribution < -0.4 is 20.4 Å². The van der Waals surface area contributed by atoms with Gasteiger partial charge in [-0.2, -0.15) is 9.49 Å². The molecule has 3 aliphatic heterocycles. The number of fused-ring (bicyclic) bond motifs is 1. The maximum Gasteiger partial charge on any atom is 0.328 e. The molecular formula is C45H46F3N9O5. The highest BCUT2D eigenvalue weighted by molar-refractivity contribution is 6.06. The van der Waals surface area contributed by atoms with Gasteiger partial charge in [-0.25, -0.2) is 23.5 Å². The number of aromatic nitrogens is 4. The topological polar surface area (TPSA) is 166 Å². The number of likely N-dealkylation sites (tertiary alicyclic amines) is 1. The molecule has 322 valence electrons. The van der Waals surface area contributed by atoms with E-state index in [1.54, 1.807) is 6.07 Å². The molecule has 9 rings (SSSR count). The van der Waals surface area contributed by atoms with Crippen LogP contribution in [0.15, 0.2) is 61.1 Å². The zero-order valence-electron chi connectivity index (χ0n) is 34.2. The molecule has 5 amide bonds. The predicted molar refractivity (Wildman–Crippen MR) is 223 cm³/mol. The number of phenols is 1. The summed E-state index contributed by atoms with van der Waals surface area (Å²) in [5, 5.41) is 20.1. The van der Waals surface area contributed by atoms with Crippen LogP contribution in [0.1, 0.15) is 83.7 Å². The Morgan fingerprint density at radius 2 is 1.65 bits per heavy atom. The monoisotopic (exact) mass is 849 g/mol. The number of anilines is 2. The summed E-state index contributed by atoms with van der Waals surface area (Å²) in [7, 11) is 0. The van der Waals surface area contributed by atoms with Crippen molar-refractivity contribution >= 4 is 46.3 Å². The summed E-state index contributed by atoms with van der Waals surface area (Å²) in [5.41, 5.74) is 3.92. The molecule has 3 N–H and O–H groups in total. The number of carbonyl (C=O) groups is 4. The fraction of sp³-hybridized carbons (Fsp3) is 0.400. The summed E-state index contributed by atoms with van der Waals surface area (Å²) in [5.74, 6) is -6.75. The van der Waals surface area contributed by atoms with Crippen molar-refractivity contribution in [3.63, 3.8) is 0 Å². The van der Waals surface area contributed by atoms with Crippen molar-refractivity contribution in [3.05, 3.63) is 95.2 Å². The summed E-state index contributed by atoms with van der Waals surface area (Å²) in [6.45, 7) is 5.28. The lowest BCUT2D eigenvalue weighted by molar-refractivity contribution is -0.120. The van der Waals surface area contributed by atoms with E-state index in [0.717, 1.165) is 85.6 Å². The van der Waals surface area contributed by atoms with Gasteiger partial charge in [-0.3, -0.25) is 29.3 Å². The Labute approximate surface area is 355 Å². The number of phenolic OH excluding ortho intramolecular Hbond substituents is 1. The SMILES string of the molecule is Cc1ccc(C(=O)N2CCC3(CCN(c4ncc(-c5ccc6cn(C7CCC(CNC(=O)c8cc(F)c(O)c(F)c8F)CC7)nc6c5)cn4)CC3)C2)cc1N1CCC(=O)NC1=O. The van der Waals surface area contributed by atoms with E-state index in [1.807, 2.05) is 65.4 Å². The molecule has 1 spiro atoms. The normalized spacial score (nSPS) is 20.2. The third-order valence-corrected chi connectivity index (χ3v) is 13.3. The van der Waals surface area contributed by atoms with Gasteiger partial charge in [-0.1, -0.05) is 18.2 Å². The molecule has 17 heteroatoms. The molecule has 0 bridgehead atoms. The Morgan fingerprint density at radius 3 is 2.39 bits per heavy atom. The number of benzene rings is 3. The average Bonchev–Trinajstić information content (AvgIpc) is 3.91. The van der Waals surface area contributed by atoms with Gasteiger partial charge in [0.2, 0.25) is 17.7 Å². The zero-order valence-corrected chi connectivity index (χ0v) is 34.2. The number of aryl methyl sites for hydroxylation is 1. The highest BCUT2D eigenvalue weighted by atomic mass is 19.2. The van der Waals surface area contributed by atoms with Gasteiger partial charge in [0, 0.05) is 86.5 Å². The highest BCUT2D eigenvalue weighted by Gasteiger charge is 2.43. The lowest BCUT2D eigenvalue weighted by Gasteiger charge is -2.39. The van der Waals surface area contributed by atoms with Crippen LogP contribution in [0.4, 0.5) is 29.6 Å². The van der Waals surface area contributed by atoms with E-state index < -0.39 is 40.7 Å². The van der Waals surface area contributed by atoms with Crippen molar-refractivity contribution < 1.29 is 37.5 Å². The lowest BCUT2D eigenvalue weighted by atomic mass is 9.78. The van der Waals surface area contributed by atoms with Gasteiger partial charge in [-0.05, 0) is 98.6 Å². The van der Waals surface area contributed by atoms with E-state index in [2.05, 4.69) is 15.5 Å². The van der Waals surface area contributed by atoms with Gasteiger partial charge in [-0.15, -0.1) is 0 Å². The largest absolute Gasteiger partial charge is 0.503 e. The van der Waals surface area contributed by atoms with E-state index in [-0.39, 0.29) is 48.7 Å². The predicted octanol–water partition coefficient (Wildman–Crippen LogP) is 6.66. The quantitative estimate of drug-likeness (QED) is 0.145. The maximum absolute atomic E-state index is 14.2. The molecule has 5 heterocycles. The summed E-state index contributed by atoms with van der Waals surface area (Å²) in [6, 6.07) is 11.7. The van der Waals surface area contributed by atoms with Crippen LogP contribution in [-0.2, 0) is 4.79 Å². The number of hydrogen-bond donors (Lipinski definition) is 3. The molecule has 3 saturated heterocycles. The van der Waals surface area contributed by atoms with E-state index >= 15 is 0 Å². The molecule has 1 saturated carbocycles. The second kappa shape index (κ2) is 16.4. The minimum Gasteiger partial charge on any atom is -0.503 e. The number of aromatic hydroxyl groups is 1. The fourth-order valence-corrected chi connectivity index (χ4v) is 9.44. The van der Waals surface area contributed by atoms with Gasteiger partial charge in [0.15, 0.2) is 17.4 Å². The smallest absolute Gasteiger partial charge is 0.328 e. The van der Waals surface area contributed by atoms with Gasteiger partial charge in [0.1, 0.15) is 0 Å². The summed E-state index contributed by atoms with van der Waals surface area (Å²) in [6.07, 6.45) is 11.8. The fourth-order valence-electron chi connectivity index (χ4n) is 9.44. The molecule has 1 aliphatic carbocycles. The second-order valence-corrected chi connectivity index (χ2v) is 17.1. The molecule has 4 aliphatic rings. The summed E-state index contributed by atoms with van der Waals surface area (Å²) >= 11 is 0. The van der Waals surface area contributed by atoms with Gasteiger partial charge < -0.3 is 20.2 Å². The second-order valence-electron chi connectivity index (χ2n) is 17.1. The van der Waals surface area contributed by atoms with E-state index in [9.17, 15) is 37.5 Å². The number of amides is 5. The van der Waals surface area contributed by atoms with Crippen LogP contribution in [0.5, 0.6) is 5.75 Å². The summed E-state index contributed by atoms with van der Waals surface area (Å²) in [4.78, 5) is 65.6. The number of nitrogens with zero attached hydrogens (tertiary/aromatic N) is 7. The number of imide groups is 1. The summed E-state index contributed by atoms with van der Waals surface area (Å²) < 4.78 is 43.6. The Bertz CT molecular complexity index is 2590. The third-order valence-electron chi connectivity index (χ3n) is 13.3. The molecule has 0 radical (unpaired) electrons. The Morgan fingerprint density at radius 1 is 0.903 bits per heavy atom. The van der Waals surface area contributed by atoms with Crippen LogP contribution in [0.2, 0.25) is 0 Å². The Balaban J connectivity index is 0.767. The molecule has 14 nitrogen and oxygen atoms in total. The van der Waals surface area contributed by atoms with Crippen LogP contribution in [-0.4, -0.2) is 92.8 Å². The molecule has 4 fully saturated rings. The van der Waals surface area contributed by atoms with Crippen LogP contribution in [0, 0.1) is 35.7 Å². The van der Waals surface area contributed by atoms with Crippen molar-refractivity contribution in [2.24, 2.45) is 11.3 Å². The van der Waals surface area contributed by atoms with Crippen molar-refractivity contribution in [3.8, 4) is 16.9 Å². The Hall–Kier alpha value is -6.52. The van der Waals surface area contributed by atoms with E-state index in [1.165, 1.54) is 4.90 Å². The maximum atomic E-state index is 14.2. The van der Waals surface area contributed by atoms with Crippen LogP contribution in [0.25, 0.3) is 22.0 Å². The van der Waals surface area contributed by atoms with Gasteiger partial charge in [0.25, 0.3) is 11.8 Å². The minimum absolute atomic E-state index is 0.0193. The zero-order chi connectivity index (χ0) is 43.3. The highest BCUT2D eigenvalue weighted by Crippen LogP contribution is 2.42. The molecule has 0 atom stereocenters. The molecule has 3 aromatic carbocycles. The first-order valence-electron chi connectivity index (χ1n) is 21.1. The van der Waals surface area contributed by atoms with Crippen molar-refractivity contribution in [1.82, 2.24) is 35.3 Å². The lowest BCUT2D eigenvalue weighted by Crippen LogP contribution is -2.49. The number of carbonyl (C=O) groups excluding carboxylic acids is 4. The molecular weight excluding hydrogens is 804 g/mol. The van der Waals surface area contributed by atoms with Gasteiger partial charge in [0.05, 0.1) is 17.1 Å². The standard InChI is InChI=1S/C45H46F3N9O5/c1-26-2-5-29(19-36(26)56-14-10-37(58)52-44(56)62)42(61)55-17-13-45(25-55)11-15-54(16-12-45)43-50-22-31(23-51-43)28-6-7-30-24-57(53-35(30)18-28)32-8-3-27(4-9-32)21-49-41(60)33-20-34(46)40(59)39(48)38(33)47/h2,5-7,18-20,22-24,27,32,59H,3-4,8-17,21,25H2,1H3,(H,49,60)(H,52,58,62). The third kappa shape index (κ3) is 7.91. The number of piperidine rings is 1. The van der Waals surface area contributed by atoms with Gasteiger partial charge >= 0.3 is 6.03 Å². The van der Waals surface area contributed by atoms with Crippen LogP contribution in [0.3, 0.4) is 0 Å². The first-order chi connectivity index (χ1) is 29.8. The van der Waals surface area contributed by atoms with Crippen molar-refractivity contribution in [2.75, 3.05) is 49.1 Å². The van der Waals surface area contributed by atoms with E-state index in [0.29, 0.717) is 36.4 Å². The Kier molecular flexibility index (Phi) is 10.8. The minimum atomic E-state index is -1.79. The number of halogens is 3. The molecule has 5 aromatic rings. The molecule has 0 unspecified atom stereocenters. The van der Waals surface area contributed by atoms with E-state index in [4.69, 9.17) is 15.1 Å².